The Bertz CT molecular complexity index is 420. The third-order valence-electron chi connectivity index (χ3n) is 3.31. The summed E-state index contributed by atoms with van der Waals surface area (Å²) in [7, 11) is 1.94. The summed E-state index contributed by atoms with van der Waals surface area (Å²) < 4.78 is 5.62. The molecule has 19 heavy (non-hydrogen) atoms. The number of benzene rings is 1. The van der Waals surface area contributed by atoms with Gasteiger partial charge < -0.3 is 9.84 Å². The van der Waals surface area contributed by atoms with Crippen LogP contribution < -0.4 is 4.74 Å². The van der Waals surface area contributed by atoms with Crippen LogP contribution in [0.2, 0.25) is 0 Å². The number of para-hydroxylation sites is 1. The lowest BCUT2D eigenvalue weighted by Crippen LogP contribution is -2.31. The van der Waals surface area contributed by atoms with Crippen LogP contribution in [0.3, 0.4) is 0 Å². The van der Waals surface area contributed by atoms with Gasteiger partial charge >= 0.3 is 5.97 Å². The summed E-state index contributed by atoms with van der Waals surface area (Å²) in [6.07, 6.45) is 0. The van der Waals surface area contributed by atoms with E-state index in [9.17, 15) is 4.79 Å². The Kier molecular flexibility index (Phi) is 5.83. The number of rotatable bonds is 7. The molecule has 0 spiro atoms. The smallest absolute Gasteiger partial charge is 0.307 e. The highest BCUT2D eigenvalue weighted by Crippen LogP contribution is 2.28. The molecule has 0 radical (unpaired) electrons. The maximum Gasteiger partial charge on any atom is 0.307 e. The van der Waals surface area contributed by atoms with Gasteiger partial charge in [0, 0.05) is 18.2 Å². The summed E-state index contributed by atoms with van der Waals surface area (Å²) in [5, 5.41) is 8.97. The van der Waals surface area contributed by atoms with Crippen molar-refractivity contribution in [2.24, 2.45) is 5.92 Å². The molecule has 2 atom stereocenters. The predicted molar refractivity (Wildman–Crippen MR) is 75.5 cm³/mol. The second-order valence-electron chi connectivity index (χ2n) is 4.83. The largest absolute Gasteiger partial charge is 0.494 e. The third-order valence-corrected chi connectivity index (χ3v) is 3.31. The monoisotopic (exact) mass is 265 g/mol. The van der Waals surface area contributed by atoms with Crippen molar-refractivity contribution in [3.63, 3.8) is 0 Å². The summed E-state index contributed by atoms with van der Waals surface area (Å²) in [5.41, 5.74) is 1.09. The average molecular weight is 265 g/mol. The van der Waals surface area contributed by atoms with E-state index in [2.05, 4.69) is 6.92 Å². The van der Waals surface area contributed by atoms with E-state index in [0.717, 1.165) is 11.3 Å². The molecule has 0 aliphatic heterocycles. The molecule has 1 N–H and O–H groups in total. The number of carboxylic acids is 1. The quantitative estimate of drug-likeness (QED) is 0.823. The molecule has 0 heterocycles. The number of carboxylic acid groups (broad SMARTS) is 1. The third kappa shape index (κ3) is 4.24. The van der Waals surface area contributed by atoms with Gasteiger partial charge in [0.2, 0.25) is 0 Å². The first-order valence-electron chi connectivity index (χ1n) is 6.62. The highest BCUT2D eigenvalue weighted by Gasteiger charge is 2.20. The van der Waals surface area contributed by atoms with Crippen LogP contribution in [-0.4, -0.2) is 36.2 Å². The van der Waals surface area contributed by atoms with Crippen LogP contribution >= 0.6 is 0 Å². The molecular formula is C15H23NO3. The maximum absolute atomic E-state index is 10.9. The van der Waals surface area contributed by atoms with Crippen molar-refractivity contribution in [1.29, 1.82) is 0 Å². The summed E-state index contributed by atoms with van der Waals surface area (Å²) >= 11 is 0. The molecule has 0 saturated carbocycles. The van der Waals surface area contributed by atoms with Crippen LogP contribution in [0.4, 0.5) is 0 Å². The minimum absolute atomic E-state index is 0.115. The van der Waals surface area contributed by atoms with Crippen molar-refractivity contribution in [2.75, 3.05) is 20.2 Å². The molecule has 1 aromatic rings. The Hall–Kier alpha value is -1.55. The highest BCUT2D eigenvalue weighted by atomic mass is 16.5. The summed E-state index contributed by atoms with van der Waals surface area (Å²) in [6.45, 7) is 6.88. The molecule has 0 aromatic heterocycles. The Morgan fingerprint density at radius 3 is 2.58 bits per heavy atom. The van der Waals surface area contributed by atoms with Crippen molar-refractivity contribution in [1.82, 2.24) is 4.90 Å². The van der Waals surface area contributed by atoms with Crippen molar-refractivity contribution in [3.05, 3.63) is 29.8 Å². The van der Waals surface area contributed by atoms with Crippen molar-refractivity contribution in [2.45, 2.75) is 26.8 Å². The van der Waals surface area contributed by atoms with Crippen LogP contribution in [0.1, 0.15) is 32.4 Å². The van der Waals surface area contributed by atoms with E-state index in [1.165, 1.54) is 0 Å². The number of ether oxygens (including phenoxy) is 1. The average Bonchev–Trinajstić information content (AvgIpc) is 2.38. The van der Waals surface area contributed by atoms with Crippen LogP contribution in [0.25, 0.3) is 0 Å². The van der Waals surface area contributed by atoms with E-state index in [0.29, 0.717) is 13.2 Å². The van der Waals surface area contributed by atoms with Crippen molar-refractivity contribution < 1.29 is 14.6 Å². The summed E-state index contributed by atoms with van der Waals surface area (Å²) in [4.78, 5) is 13.0. The Morgan fingerprint density at radius 1 is 1.37 bits per heavy atom. The lowest BCUT2D eigenvalue weighted by molar-refractivity contribution is -0.141. The molecular weight excluding hydrogens is 242 g/mol. The van der Waals surface area contributed by atoms with Gasteiger partial charge in [0.25, 0.3) is 0 Å². The summed E-state index contributed by atoms with van der Waals surface area (Å²) in [6, 6.07) is 8.01. The lowest BCUT2D eigenvalue weighted by Gasteiger charge is -2.27. The van der Waals surface area contributed by atoms with Crippen molar-refractivity contribution in [3.8, 4) is 5.75 Å². The number of hydrogen-bond donors (Lipinski definition) is 1. The van der Waals surface area contributed by atoms with Crippen LogP contribution in [0.15, 0.2) is 24.3 Å². The molecule has 2 unspecified atom stereocenters. The van der Waals surface area contributed by atoms with Crippen LogP contribution in [0.5, 0.6) is 5.75 Å². The van der Waals surface area contributed by atoms with E-state index in [-0.39, 0.29) is 12.0 Å². The zero-order valence-electron chi connectivity index (χ0n) is 12.1. The van der Waals surface area contributed by atoms with E-state index >= 15 is 0 Å². The Balaban J connectivity index is 2.81. The van der Waals surface area contributed by atoms with Gasteiger partial charge in [0.1, 0.15) is 5.75 Å². The minimum Gasteiger partial charge on any atom is -0.494 e. The second-order valence-corrected chi connectivity index (χ2v) is 4.83. The van der Waals surface area contributed by atoms with Gasteiger partial charge in [0.05, 0.1) is 12.5 Å². The SMILES string of the molecule is CCOc1ccccc1C(C)N(C)CC(C)C(=O)O. The van der Waals surface area contributed by atoms with Gasteiger partial charge in [0.15, 0.2) is 0 Å². The molecule has 0 aliphatic carbocycles. The molecule has 0 bridgehead atoms. The van der Waals surface area contributed by atoms with Gasteiger partial charge in [-0.05, 0) is 27.0 Å². The minimum atomic E-state index is -0.767. The molecule has 0 aliphatic rings. The highest BCUT2D eigenvalue weighted by molar-refractivity contribution is 5.69. The second kappa shape index (κ2) is 7.14. The van der Waals surface area contributed by atoms with Gasteiger partial charge in [-0.15, -0.1) is 0 Å². The van der Waals surface area contributed by atoms with Crippen LogP contribution in [-0.2, 0) is 4.79 Å². The van der Waals surface area contributed by atoms with E-state index in [1.807, 2.05) is 43.1 Å². The fourth-order valence-electron chi connectivity index (χ4n) is 2.02. The molecule has 4 heteroatoms. The molecule has 106 valence electrons. The van der Waals surface area contributed by atoms with Gasteiger partial charge in [-0.2, -0.15) is 0 Å². The molecule has 0 amide bonds. The standard InChI is InChI=1S/C15H23NO3/c1-5-19-14-9-7-6-8-13(14)12(3)16(4)10-11(2)15(17)18/h6-9,11-12H,5,10H2,1-4H3,(H,17,18). The first-order chi connectivity index (χ1) is 8.97. The lowest BCUT2D eigenvalue weighted by atomic mass is 10.0. The van der Waals surface area contributed by atoms with E-state index < -0.39 is 5.97 Å². The van der Waals surface area contributed by atoms with Crippen molar-refractivity contribution >= 4 is 5.97 Å². The molecule has 1 rings (SSSR count). The zero-order valence-corrected chi connectivity index (χ0v) is 12.1. The van der Waals surface area contributed by atoms with Gasteiger partial charge in [-0.3, -0.25) is 9.69 Å². The first-order valence-corrected chi connectivity index (χ1v) is 6.62. The zero-order chi connectivity index (χ0) is 14.4. The number of aliphatic carboxylic acids is 1. The predicted octanol–water partition coefficient (Wildman–Crippen LogP) is 2.80. The number of carbonyl (C=O) groups is 1. The normalized spacial score (nSPS) is 14.2. The fraction of sp³-hybridized carbons (Fsp3) is 0.533. The van der Waals surface area contributed by atoms with E-state index in [4.69, 9.17) is 9.84 Å². The molecule has 1 aromatic carbocycles. The Morgan fingerprint density at radius 2 is 2.00 bits per heavy atom. The fourth-order valence-corrected chi connectivity index (χ4v) is 2.02. The molecule has 0 fully saturated rings. The topological polar surface area (TPSA) is 49.8 Å². The summed E-state index contributed by atoms with van der Waals surface area (Å²) in [5.74, 6) is -0.281. The first kappa shape index (κ1) is 15.5. The van der Waals surface area contributed by atoms with Crippen LogP contribution in [0, 0.1) is 5.92 Å². The van der Waals surface area contributed by atoms with Gasteiger partial charge in [-0.25, -0.2) is 0 Å². The number of nitrogens with zero attached hydrogens (tertiary/aromatic N) is 1. The number of hydrogen-bond acceptors (Lipinski definition) is 3. The maximum atomic E-state index is 10.9. The Labute approximate surface area is 115 Å². The molecule has 0 saturated heterocycles. The molecule has 4 nitrogen and oxygen atoms in total. The van der Waals surface area contributed by atoms with E-state index in [1.54, 1.807) is 6.92 Å². The van der Waals surface area contributed by atoms with Gasteiger partial charge in [-0.1, -0.05) is 25.1 Å².